The molecule has 5 aromatic rings. The third kappa shape index (κ3) is 3.57. The van der Waals surface area contributed by atoms with Crippen LogP contribution in [0.1, 0.15) is 17.3 Å². The summed E-state index contributed by atoms with van der Waals surface area (Å²) in [7, 11) is 0. The number of fused-ring (bicyclic) bond motifs is 2. The van der Waals surface area contributed by atoms with E-state index >= 15 is 0 Å². The van der Waals surface area contributed by atoms with E-state index in [2.05, 4.69) is 10.3 Å². The van der Waals surface area contributed by atoms with Crippen LogP contribution in [0.5, 0.6) is 5.75 Å². The largest absolute Gasteiger partial charge is 0.490 e. The van der Waals surface area contributed by atoms with Crippen LogP contribution in [-0.4, -0.2) is 21.9 Å². The zero-order valence-electron chi connectivity index (χ0n) is 16.5. The zero-order valence-corrected chi connectivity index (χ0v) is 17.3. The molecule has 0 spiro atoms. The molecular formula is C23H17N3O4S. The van der Waals surface area contributed by atoms with Crippen molar-refractivity contribution in [2.24, 2.45) is 0 Å². The fraction of sp³-hybridized carbons (Fsp3) is 0.0870. The number of aromatic nitrogens is 2. The summed E-state index contributed by atoms with van der Waals surface area (Å²) in [5.74, 6) is -0.0721. The van der Waals surface area contributed by atoms with E-state index in [4.69, 9.17) is 9.15 Å². The quantitative estimate of drug-likeness (QED) is 0.403. The van der Waals surface area contributed by atoms with Crippen molar-refractivity contribution in [3.05, 3.63) is 82.3 Å². The molecule has 0 atom stereocenters. The maximum absolute atomic E-state index is 12.8. The Bertz CT molecular complexity index is 1450. The first-order chi connectivity index (χ1) is 15.1. The van der Waals surface area contributed by atoms with E-state index in [9.17, 15) is 9.59 Å². The molecule has 3 heterocycles. The third-order valence-electron chi connectivity index (χ3n) is 4.78. The van der Waals surface area contributed by atoms with Crippen LogP contribution in [0, 0.1) is 0 Å². The van der Waals surface area contributed by atoms with Gasteiger partial charge in [0.2, 0.25) is 0 Å². The minimum atomic E-state index is -0.720. The number of thiazole rings is 1. The van der Waals surface area contributed by atoms with Gasteiger partial charge in [-0.15, -0.1) is 11.3 Å². The minimum Gasteiger partial charge on any atom is -0.490 e. The van der Waals surface area contributed by atoms with E-state index in [0.717, 1.165) is 16.2 Å². The highest BCUT2D eigenvalue weighted by molar-refractivity contribution is 7.15. The van der Waals surface area contributed by atoms with Crippen LogP contribution >= 0.6 is 11.3 Å². The summed E-state index contributed by atoms with van der Waals surface area (Å²) >= 11 is 1.55. The molecule has 154 valence electrons. The van der Waals surface area contributed by atoms with E-state index in [1.54, 1.807) is 35.6 Å². The first kappa shape index (κ1) is 19.1. The molecule has 0 bridgehead atoms. The third-order valence-corrected chi connectivity index (χ3v) is 5.55. The lowest BCUT2D eigenvalue weighted by atomic mass is 10.1. The van der Waals surface area contributed by atoms with Gasteiger partial charge in [0.05, 0.1) is 12.3 Å². The standard InChI is InChI=1S/C23H17N3O4S/c1-2-29-19-8-4-6-15-12-17(22(28)30-20(15)19)21(27)24-16-7-3-5-14(11-16)18-13-26-9-10-31-23(26)25-18/h3-13H,2H2,1H3,(H,24,27). The Balaban J connectivity index is 1.45. The Labute approximate surface area is 180 Å². The molecule has 0 fully saturated rings. The van der Waals surface area contributed by atoms with Gasteiger partial charge in [-0.1, -0.05) is 24.3 Å². The molecule has 7 nitrogen and oxygen atoms in total. The first-order valence-corrected chi connectivity index (χ1v) is 10.5. The van der Waals surface area contributed by atoms with Crippen LogP contribution in [0.2, 0.25) is 0 Å². The molecule has 31 heavy (non-hydrogen) atoms. The topological polar surface area (TPSA) is 85.8 Å². The van der Waals surface area contributed by atoms with Crippen LogP contribution in [0.4, 0.5) is 5.69 Å². The first-order valence-electron chi connectivity index (χ1n) is 9.66. The van der Waals surface area contributed by atoms with Crippen molar-refractivity contribution in [1.82, 2.24) is 9.38 Å². The molecule has 1 amide bonds. The monoisotopic (exact) mass is 431 g/mol. The smallest absolute Gasteiger partial charge is 0.349 e. The molecule has 8 heteroatoms. The van der Waals surface area contributed by atoms with Crippen LogP contribution in [0.15, 0.2) is 75.5 Å². The van der Waals surface area contributed by atoms with Crippen molar-refractivity contribution < 1.29 is 13.9 Å². The van der Waals surface area contributed by atoms with E-state index in [1.165, 1.54) is 6.07 Å². The van der Waals surface area contributed by atoms with Crippen molar-refractivity contribution in [1.29, 1.82) is 0 Å². The number of carbonyl (C=O) groups is 1. The van der Waals surface area contributed by atoms with Crippen molar-refractivity contribution in [2.45, 2.75) is 6.92 Å². The summed E-state index contributed by atoms with van der Waals surface area (Å²) < 4.78 is 12.8. The predicted molar refractivity (Wildman–Crippen MR) is 120 cm³/mol. The second-order valence-corrected chi connectivity index (χ2v) is 7.68. The number of benzene rings is 2. The molecule has 0 aliphatic rings. The van der Waals surface area contributed by atoms with Crippen LogP contribution < -0.4 is 15.7 Å². The Morgan fingerprint density at radius 1 is 1.23 bits per heavy atom. The van der Waals surface area contributed by atoms with Gasteiger partial charge in [0.25, 0.3) is 5.91 Å². The predicted octanol–water partition coefficient (Wildman–Crippen LogP) is 4.82. The van der Waals surface area contributed by atoms with Gasteiger partial charge in [-0.05, 0) is 31.2 Å². The van der Waals surface area contributed by atoms with Gasteiger partial charge in [0.15, 0.2) is 16.3 Å². The van der Waals surface area contributed by atoms with Crippen molar-refractivity contribution >= 4 is 38.9 Å². The molecule has 0 saturated carbocycles. The molecule has 0 unspecified atom stereocenters. The lowest BCUT2D eigenvalue weighted by molar-refractivity contribution is 0.102. The number of nitrogens with zero attached hydrogens (tertiary/aromatic N) is 2. The highest BCUT2D eigenvalue weighted by Crippen LogP contribution is 2.26. The maximum Gasteiger partial charge on any atom is 0.349 e. The second-order valence-electron chi connectivity index (χ2n) is 6.81. The summed E-state index contributed by atoms with van der Waals surface area (Å²) in [5, 5.41) is 5.36. The molecule has 0 saturated heterocycles. The Morgan fingerprint density at radius 2 is 2.10 bits per heavy atom. The van der Waals surface area contributed by atoms with E-state index < -0.39 is 11.5 Å². The number of carbonyl (C=O) groups excluding carboxylic acids is 1. The Morgan fingerprint density at radius 3 is 2.94 bits per heavy atom. The van der Waals surface area contributed by atoms with Gasteiger partial charge in [0.1, 0.15) is 5.56 Å². The molecule has 0 radical (unpaired) electrons. The van der Waals surface area contributed by atoms with Crippen LogP contribution in [-0.2, 0) is 0 Å². The number of amides is 1. The van der Waals surface area contributed by atoms with Crippen LogP contribution in [0.25, 0.3) is 27.2 Å². The average Bonchev–Trinajstić information content (AvgIpc) is 3.37. The Kier molecular flexibility index (Phi) is 4.76. The van der Waals surface area contributed by atoms with Gasteiger partial charge in [0, 0.05) is 34.4 Å². The number of nitrogens with one attached hydrogen (secondary N) is 1. The molecule has 1 N–H and O–H groups in total. The van der Waals surface area contributed by atoms with E-state index in [-0.39, 0.29) is 5.56 Å². The normalized spacial score (nSPS) is 11.1. The summed E-state index contributed by atoms with van der Waals surface area (Å²) in [6.07, 6.45) is 3.87. The second kappa shape index (κ2) is 7.73. The molecule has 0 aliphatic carbocycles. The van der Waals surface area contributed by atoms with Gasteiger partial charge >= 0.3 is 5.63 Å². The number of rotatable bonds is 5. The molecule has 5 rings (SSSR count). The Hall–Kier alpha value is -3.91. The highest BCUT2D eigenvalue weighted by atomic mass is 32.1. The molecule has 3 aromatic heterocycles. The maximum atomic E-state index is 12.8. The summed E-state index contributed by atoms with van der Waals surface area (Å²) in [6.45, 7) is 2.29. The van der Waals surface area contributed by atoms with Crippen molar-refractivity contribution in [3.8, 4) is 17.0 Å². The van der Waals surface area contributed by atoms with Gasteiger partial charge in [-0.2, -0.15) is 0 Å². The lowest BCUT2D eigenvalue weighted by Crippen LogP contribution is -2.20. The molecule has 0 aliphatic heterocycles. The van der Waals surface area contributed by atoms with Crippen molar-refractivity contribution in [2.75, 3.05) is 11.9 Å². The zero-order chi connectivity index (χ0) is 21.4. The number of hydrogen-bond acceptors (Lipinski definition) is 6. The van der Waals surface area contributed by atoms with Gasteiger partial charge < -0.3 is 14.5 Å². The van der Waals surface area contributed by atoms with E-state index in [1.807, 2.05) is 47.3 Å². The summed E-state index contributed by atoms with van der Waals surface area (Å²) in [5.41, 5.74) is 1.75. The van der Waals surface area contributed by atoms with E-state index in [0.29, 0.717) is 29.0 Å². The van der Waals surface area contributed by atoms with Crippen molar-refractivity contribution in [3.63, 3.8) is 0 Å². The van der Waals surface area contributed by atoms with Gasteiger partial charge in [-0.25, -0.2) is 9.78 Å². The number of para-hydroxylation sites is 1. The summed E-state index contributed by atoms with van der Waals surface area (Å²) in [6, 6.07) is 14.1. The molecule has 2 aromatic carbocycles. The minimum absolute atomic E-state index is 0.0749. The number of ether oxygens (including phenoxy) is 1. The fourth-order valence-corrected chi connectivity index (χ4v) is 4.07. The number of hydrogen-bond donors (Lipinski definition) is 1. The number of anilines is 1. The van der Waals surface area contributed by atoms with Gasteiger partial charge in [-0.3, -0.25) is 9.20 Å². The fourth-order valence-electron chi connectivity index (χ4n) is 3.37. The summed E-state index contributed by atoms with van der Waals surface area (Å²) in [4.78, 5) is 30.8. The molecular weight excluding hydrogens is 414 g/mol. The number of imidazole rings is 1. The highest BCUT2D eigenvalue weighted by Gasteiger charge is 2.16. The van der Waals surface area contributed by atoms with Crippen LogP contribution in [0.3, 0.4) is 0 Å². The lowest BCUT2D eigenvalue weighted by Gasteiger charge is -2.08. The SMILES string of the molecule is CCOc1cccc2cc(C(=O)Nc3cccc(-c4cn5ccsc5n4)c3)c(=O)oc12. The average molecular weight is 431 g/mol.